The van der Waals surface area contributed by atoms with Crippen LogP contribution in [0.3, 0.4) is 0 Å². The van der Waals surface area contributed by atoms with Gasteiger partial charge in [0.25, 0.3) is 5.22 Å². The summed E-state index contributed by atoms with van der Waals surface area (Å²) < 4.78 is 40.1. The van der Waals surface area contributed by atoms with Gasteiger partial charge in [-0.3, -0.25) is 0 Å². The van der Waals surface area contributed by atoms with Crippen LogP contribution < -0.4 is 5.73 Å². The van der Waals surface area contributed by atoms with Crippen LogP contribution in [0.2, 0.25) is 0 Å². The highest BCUT2D eigenvalue weighted by Crippen LogP contribution is 2.21. The molecular formula is C8H6F2N2O2S. The van der Waals surface area contributed by atoms with Crippen LogP contribution in [0.1, 0.15) is 0 Å². The van der Waals surface area contributed by atoms with E-state index in [1.54, 1.807) is 6.07 Å². The van der Waals surface area contributed by atoms with Crippen LogP contribution in [0.25, 0.3) is 11.1 Å². The second-order valence-corrected chi connectivity index (χ2v) is 4.07. The molecule has 0 aliphatic rings. The molecule has 1 aromatic heterocycles. The number of fused-ring (bicyclic) bond motifs is 1. The Hall–Kier alpha value is -1.50. The van der Waals surface area contributed by atoms with Gasteiger partial charge in [0.05, 0.1) is 0 Å². The summed E-state index contributed by atoms with van der Waals surface area (Å²) in [6, 6.07) is 4.50. The molecule has 1 aromatic carbocycles. The van der Waals surface area contributed by atoms with Crippen molar-refractivity contribution in [2.45, 2.75) is 11.0 Å². The van der Waals surface area contributed by atoms with Crippen molar-refractivity contribution in [2.24, 2.45) is 0 Å². The molecule has 0 amide bonds. The minimum atomic E-state index is -3.00. The second kappa shape index (κ2) is 3.58. The Bertz CT molecular complexity index is 526. The minimum Gasteiger partial charge on any atom is -0.429 e. The van der Waals surface area contributed by atoms with E-state index in [1.807, 2.05) is 0 Å². The predicted molar refractivity (Wildman–Crippen MR) is 50.8 cm³/mol. The fourth-order valence-corrected chi connectivity index (χ4v) is 1.60. The molecule has 0 radical (unpaired) electrons. The van der Waals surface area contributed by atoms with Crippen molar-refractivity contribution >= 4 is 27.6 Å². The van der Waals surface area contributed by atoms with Crippen LogP contribution in [-0.4, -0.2) is 15.0 Å². The molecule has 0 fully saturated rings. The van der Waals surface area contributed by atoms with E-state index in [4.69, 9.17) is 10.2 Å². The number of hydrogen-bond donors (Lipinski definition) is 1. The molecule has 80 valence electrons. The molecule has 2 rings (SSSR count). The lowest BCUT2D eigenvalue weighted by atomic mass is 10.3. The highest BCUT2D eigenvalue weighted by Gasteiger charge is 2.21. The standard InChI is InChI=1S/C8H6F2N2O2S/c9-7(10)15(13)8-12-5-3-4(11)1-2-6(5)14-8/h1-3,7H,11H2. The van der Waals surface area contributed by atoms with Gasteiger partial charge in [0, 0.05) is 5.69 Å². The Balaban J connectivity index is 2.52. The van der Waals surface area contributed by atoms with Crippen molar-refractivity contribution in [3.63, 3.8) is 0 Å². The Kier molecular flexibility index (Phi) is 2.39. The van der Waals surface area contributed by atoms with Crippen molar-refractivity contribution in [2.75, 3.05) is 5.73 Å². The lowest BCUT2D eigenvalue weighted by Crippen LogP contribution is -2.02. The van der Waals surface area contributed by atoms with E-state index in [-0.39, 0.29) is 5.58 Å². The van der Waals surface area contributed by atoms with Crippen molar-refractivity contribution < 1.29 is 17.4 Å². The molecule has 2 N–H and O–H groups in total. The Labute approximate surface area is 85.5 Å². The first-order valence-corrected chi connectivity index (χ1v) is 5.14. The van der Waals surface area contributed by atoms with Gasteiger partial charge in [-0.1, -0.05) is 0 Å². The maximum Gasteiger partial charge on any atom is 0.320 e. The molecule has 1 unspecified atom stereocenters. The van der Waals surface area contributed by atoms with Gasteiger partial charge in [-0.25, -0.2) is 9.19 Å². The normalized spacial score (nSPS) is 13.5. The molecule has 0 saturated heterocycles. The van der Waals surface area contributed by atoms with Crippen LogP contribution in [0.5, 0.6) is 0 Å². The van der Waals surface area contributed by atoms with E-state index in [0.29, 0.717) is 11.2 Å². The number of anilines is 1. The molecule has 4 nitrogen and oxygen atoms in total. The highest BCUT2D eigenvalue weighted by molar-refractivity contribution is 7.85. The first kappa shape index (κ1) is 10.0. The second-order valence-electron chi connectivity index (χ2n) is 2.76. The Morgan fingerprint density at radius 2 is 2.20 bits per heavy atom. The van der Waals surface area contributed by atoms with E-state index in [0.717, 1.165) is 0 Å². The molecule has 1 heterocycles. The molecule has 0 spiro atoms. The lowest BCUT2D eigenvalue weighted by Gasteiger charge is -1.91. The summed E-state index contributed by atoms with van der Waals surface area (Å²) in [5.41, 5.74) is 6.50. The summed E-state index contributed by atoms with van der Waals surface area (Å²) >= 11 is 0. The van der Waals surface area contributed by atoms with E-state index >= 15 is 0 Å². The van der Waals surface area contributed by atoms with Crippen molar-refractivity contribution in [3.05, 3.63) is 18.2 Å². The summed E-state index contributed by atoms with van der Waals surface area (Å²) in [6.45, 7) is 0. The van der Waals surface area contributed by atoms with Crippen LogP contribution in [-0.2, 0) is 10.8 Å². The van der Waals surface area contributed by atoms with Crippen molar-refractivity contribution in [1.29, 1.82) is 0 Å². The van der Waals surface area contributed by atoms with Gasteiger partial charge in [0.15, 0.2) is 16.4 Å². The van der Waals surface area contributed by atoms with Gasteiger partial charge in [-0.15, -0.1) is 0 Å². The third kappa shape index (κ3) is 1.82. The molecule has 1 atom stereocenters. The number of aromatic nitrogens is 1. The van der Waals surface area contributed by atoms with Crippen molar-refractivity contribution in [1.82, 2.24) is 4.98 Å². The van der Waals surface area contributed by atoms with E-state index in [9.17, 15) is 13.0 Å². The zero-order valence-corrected chi connectivity index (χ0v) is 8.13. The number of nitrogen functional groups attached to an aromatic ring is 1. The van der Waals surface area contributed by atoms with Crippen LogP contribution in [0.4, 0.5) is 14.5 Å². The van der Waals surface area contributed by atoms with E-state index in [1.165, 1.54) is 12.1 Å². The zero-order chi connectivity index (χ0) is 11.0. The van der Waals surface area contributed by atoms with Crippen LogP contribution in [0.15, 0.2) is 27.8 Å². The predicted octanol–water partition coefficient (Wildman–Crippen LogP) is 1.74. The molecule has 0 saturated carbocycles. The molecule has 0 aliphatic carbocycles. The molecule has 15 heavy (non-hydrogen) atoms. The number of nitrogens with zero attached hydrogens (tertiary/aromatic N) is 1. The SMILES string of the molecule is Nc1ccc2oc(S(=O)C(F)F)nc2c1. The van der Waals surface area contributed by atoms with E-state index < -0.39 is 21.8 Å². The number of nitrogens with two attached hydrogens (primary N) is 1. The first-order chi connectivity index (χ1) is 7.08. The molecule has 2 aromatic rings. The summed E-state index contributed by atoms with van der Waals surface area (Å²) in [7, 11) is -2.53. The maximum absolute atomic E-state index is 12.1. The number of alkyl halides is 2. The maximum atomic E-state index is 12.1. The number of hydrogen-bond acceptors (Lipinski definition) is 4. The highest BCUT2D eigenvalue weighted by atomic mass is 32.2. The van der Waals surface area contributed by atoms with Crippen LogP contribution in [0, 0.1) is 0 Å². The van der Waals surface area contributed by atoms with Gasteiger partial charge < -0.3 is 10.2 Å². The monoisotopic (exact) mass is 232 g/mol. The molecule has 7 heteroatoms. The number of oxazole rings is 1. The quantitative estimate of drug-likeness (QED) is 0.801. The smallest absolute Gasteiger partial charge is 0.320 e. The summed E-state index contributed by atoms with van der Waals surface area (Å²) in [4.78, 5) is 3.67. The average Bonchev–Trinajstić information content (AvgIpc) is 2.58. The Morgan fingerprint density at radius 3 is 2.87 bits per heavy atom. The average molecular weight is 232 g/mol. The fourth-order valence-electron chi connectivity index (χ4n) is 1.09. The van der Waals surface area contributed by atoms with Crippen LogP contribution >= 0.6 is 0 Å². The third-order valence-electron chi connectivity index (χ3n) is 1.73. The molecule has 0 bridgehead atoms. The van der Waals surface area contributed by atoms with E-state index in [2.05, 4.69) is 4.98 Å². The van der Waals surface area contributed by atoms with Crippen molar-refractivity contribution in [3.8, 4) is 0 Å². The molecular weight excluding hydrogens is 226 g/mol. The molecule has 0 aliphatic heterocycles. The van der Waals surface area contributed by atoms with Gasteiger partial charge >= 0.3 is 5.76 Å². The zero-order valence-electron chi connectivity index (χ0n) is 7.31. The van der Waals surface area contributed by atoms with Gasteiger partial charge in [-0.05, 0) is 18.2 Å². The topological polar surface area (TPSA) is 69.1 Å². The van der Waals surface area contributed by atoms with Gasteiger partial charge in [-0.2, -0.15) is 8.78 Å². The number of rotatable bonds is 2. The lowest BCUT2D eigenvalue weighted by molar-refractivity contribution is 0.240. The largest absolute Gasteiger partial charge is 0.429 e. The number of halogens is 2. The van der Waals surface area contributed by atoms with Gasteiger partial charge in [0.2, 0.25) is 0 Å². The summed E-state index contributed by atoms with van der Waals surface area (Å²) in [5.74, 6) is -3.00. The Morgan fingerprint density at radius 1 is 1.47 bits per heavy atom. The minimum absolute atomic E-state index is 0.285. The fraction of sp³-hybridized carbons (Fsp3) is 0.125. The number of benzene rings is 1. The summed E-state index contributed by atoms with van der Waals surface area (Å²) in [6.07, 6.45) is 0. The third-order valence-corrected chi connectivity index (χ3v) is 2.57. The first-order valence-electron chi connectivity index (χ1n) is 3.93. The summed E-state index contributed by atoms with van der Waals surface area (Å²) in [5, 5.41) is -0.481. The van der Waals surface area contributed by atoms with Gasteiger partial charge in [0.1, 0.15) is 5.52 Å².